The Morgan fingerprint density at radius 1 is 1.02 bits per heavy atom. The van der Waals surface area contributed by atoms with Crippen molar-refractivity contribution < 1.29 is 19.8 Å². The maximum atomic E-state index is 13.1. The number of nitrogens with zero attached hydrogens (tertiary/aromatic N) is 6. The molecule has 224 valence electrons. The fraction of sp³-hybridized carbons (Fsp3) is 0.613. The molecular weight excluding hydrogens is 534 g/mol. The number of aromatic nitrogens is 2. The van der Waals surface area contributed by atoms with E-state index in [4.69, 9.17) is 0 Å². The second-order valence-corrected chi connectivity index (χ2v) is 13.0. The first-order valence-electron chi connectivity index (χ1n) is 15.4. The monoisotopic (exact) mass is 575 g/mol. The summed E-state index contributed by atoms with van der Waals surface area (Å²) in [4.78, 5) is 33.8. The molecule has 11 heteroatoms. The summed E-state index contributed by atoms with van der Waals surface area (Å²) in [6.45, 7) is 9.68. The molecule has 1 aromatic carbocycles. The summed E-state index contributed by atoms with van der Waals surface area (Å²) in [6.07, 6.45) is 3.60. The van der Waals surface area contributed by atoms with Crippen LogP contribution in [0.25, 0.3) is 11.3 Å². The van der Waals surface area contributed by atoms with Crippen LogP contribution in [0.15, 0.2) is 30.3 Å². The second kappa shape index (κ2) is 10.7. The van der Waals surface area contributed by atoms with E-state index in [0.29, 0.717) is 23.7 Å². The largest absolute Gasteiger partial charge is 0.507 e. The highest BCUT2D eigenvalue weighted by atomic mass is 16.4. The van der Waals surface area contributed by atoms with Crippen LogP contribution in [0.5, 0.6) is 5.75 Å². The molecule has 2 aromatic rings. The van der Waals surface area contributed by atoms with Gasteiger partial charge in [0.1, 0.15) is 5.75 Å². The summed E-state index contributed by atoms with van der Waals surface area (Å²) in [6, 6.07) is 10.0. The summed E-state index contributed by atoms with van der Waals surface area (Å²) in [5, 5.41) is 31.8. The van der Waals surface area contributed by atoms with Crippen LogP contribution in [0, 0.1) is 17.3 Å². The van der Waals surface area contributed by atoms with E-state index in [2.05, 4.69) is 37.1 Å². The first-order valence-corrected chi connectivity index (χ1v) is 15.4. The van der Waals surface area contributed by atoms with Crippen LogP contribution in [0.2, 0.25) is 0 Å². The van der Waals surface area contributed by atoms with Gasteiger partial charge in [-0.05, 0) is 48.8 Å². The van der Waals surface area contributed by atoms with E-state index >= 15 is 0 Å². The summed E-state index contributed by atoms with van der Waals surface area (Å²) in [5.74, 6) is 0.695. The normalized spacial score (nSPS) is 31.0. The maximum Gasteiger partial charge on any atom is 0.306 e. The molecule has 0 unspecified atom stereocenters. The predicted octanol–water partition coefficient (Wildman–Crippen LogP) is 2.19. The van der Waals surface area contributed by atoms with Gasteiger partial charge in [-0.15, -0.1) is 10.2 Å². The Labute approximate surface area is 246 Å². The zero-order chi connectivity index (χ0) is 29.0. The minimum atomic E-state index is -0.638. The van der Waals surface area contributed by atoms with Gasteiger partial charge in [0.05, 0.1) is 23.3 Å². The smallest absolute Gasteiger partial charge is 0.306 e. The molecule has 3 atom stereocenters. The molecule has 2 aliphatic carbocycles. The van der Waals surface area contributed by atoms with E-state index in [1.165, 1.54) is 0 Å². The topological polar surface area (TPSA) is 125 Å². The van der Waals surface area contributed by atoms with Crippen molar-refractivity contribution in [3.05, 3.63) is 30.3 Å². The van der Waals surface area contributed by atoms with Crippen LogP contribution in [-0.2, 0) is 9.59 Å². The minimum Gasteiger partial charge on any atom is -0.507 e. The number of rotatable bonds is 6. The van der Waals surface area contributed by atoms with Crippen molar-refractivity contribution in [2.45, 2.75) is 44.7 Å². The Balaban J connectivity index is 0.873. The van der Waals surface area contributed by atoms with Crippen molar-refractivity contribution in [2.75, 3.05) is 69.1 Å². The Morgan fingerprint density at radius 3 is 2.55 bits per heavy atom. The summed E-state index contributed by atoms with van der Waals surface area (Å²) in [5.41, 5.74) is 2.59. The van der Waals surface area contributed by atoms with Crippen LogP contribution >= 0.6 is 0 Å². The molecule has 2 saturated heterocycles. The van der Waals surface area contributed by atoms with E-state index in [1.807, 2.05) is 23.1 Å². The average Bonchev–Trinajstić information content (AvgIpc) is 2.98. The number of benzene rings is 1. The minimum absolute atomic E-state index is 0.161. The van der Waals surface area contributed by atoms with Gasteiger partial charge in [-0.2, -0.15) is 0 Å². The highest BCUT2D eigenvalue weighted by molar-refractivity contribution is 5.77. The highest BCUT2D eigenvalue weighted by Crippen LogP contribution is 2.63. The number of phenols is 1. The molecule has 1 aromatic heterocycles. The Bertz CT molecular complexity index is 1360. The molecule has 1 amide bonds. The molecule has 42 heavy (non-hydrogen) atoms. The highest BCUT2D eigenvalue weighted by Gasteiger charge is 2.61. The van der Waals surface area contributed by atoms with Crippen LogP contribution in [0.4, 0.5) is 11.5 Å². The van der Waals surface area contributed by atoms with Crippen molar-refractivity contribution in [2.24, 2.45) is 17.3 Å². The lowest BCUT2D eigenvalue weighted by Gasteiger charge is -2.63. The number of hydrogen-bond acceptors (Lipinski definition) is 9. The van der Waals surface area contributed by atoms with E-state index in [1.54, 1.807) is 12.1 Å². The van der Waals surface area contributed by atoms with Crippen molar-refractivity contribution in [3.8, 4) is 17.0 Å². The van der Waals surface area contributed by atoms with Crippen molar-refractivity contribution in [1.29, 1.82) is 0 Å². The van der Waals surface area contributed by atoms with Crippen molar-refractivity contribution in [1.82, 2.24) is 24.9 Å². The SMILES string of the molecule is C[C@H]1[C@@H](C(=O)O)CC12CC(N1CCN(C(=O)CCN3CCN4c5cc(-c6ccccc6O)nnc5NC[C@H]4C3)CC1)C2. The number of amides is 1. The summed E-state index contributed by atoms with van der Waals surface area (Å²) >= 11 is 0. The standard InChI is InChI=1S/C31H41N7O4/c1-20-24(30(41)42)17-31(20)15-21(16-31)36-9-11-37(12-10-36)28(40)6-7-35-8-13-38-22(19-35)18-32-29-26(38)14-25(33-34-29)23-4-2-3-5-27(23)39/h2-5,14,20-22,24,39H,6-13,15-19H2,1H3,(H,32,34)(H,41,42)/t20-,21?,22-,24-,31?/m0/s1. The number of anilines is 2. The molecule has 5 aliphatic rings. The number of aliphatic carboxylic acids is 1. The van der Waals surface area contributed by atoms with Crippen molar-refractivity contribution >= 4 is 23.4 Å². The third kappa shape index (κ3) is 4.76. The molecule has 1 spiro atoms. The quantitative estimate of drug-likeness (QED) is 0.472. The predicted molar refractivity (Wildman–Crippen MR) is 158 cm³/mol. The van der Waals surface area contributed by atoms with Gasteiger partial charge in [0.2, 0.25) is 5.91 Å². The number of hydrogen-bond donors (Lipinski definition) is 3. The molecular formula is C31H41N7O4. The van der Waals surface area contributed by atoms with E-state index in [-0.39, 0.29) is 34.9 Å². The molecule has 4 fully saturated rings. The Hall–Kier alpha value is -3.44. The van der Waals surface area contributed by atoms with Gasteiger partial charge in [-0.25, -0.2) is 0 Å². The zero-order valence-electron chi connectivity index (χ0n) is 24.3. The zero-order valence-corrected chi connectivity index (χ0v) is 24.3. The second-order valence-electron chi connectivity index (χ2n) is 13.0. The van der Waals surface area contributed by atoms with Gasteiger partial charge < -0.3 is 25.3 Å². The number of para-hydroxylation sites is 1. The van der Waals surface area contributed by atoms with Gasteiger partial charge in [0.15, 0.2) is 5.82 Å². The number of phenolic OH excluding ortho intramolecular Hbond substituents is 1. The molecule has 3 N–H and O–H groups in total. The van der Waals surface area contributed by atoms with Crippen LogP contribution in [0.3, 0.4) is 0 Å². The summed E-state index contributed by atoms with van der Waals surface area (Å²) < 4.78 is 0. The van der Waals surface area contributed by atoms with Gasteiger partial charge in [0.25, 0.3) is 0 Å². The number of carbonyl (C=O) groups is 2. The fourth-order valence-corrected chi connectivity index (χ4v) is 8.17. The maximum absolute atomic E-state index is 13.1. The van der Waals surface area contributed by atoms with Gasteiger partial charge >= 0.3 is 5.97 Å². The number of fused-ring (bicyclic) bond motifs is 3. The average molecular weight is 576 g/mol. The third-order valence-electron chi connectivity index (χ3n) is 11.0. The lowest BCUT2D eigenvalue weighted by molar-refractivity contribution is -0.179. The Kier molecular flexibility index (Phi) is 6.97. The van der Waals surface area contributed by atoms with Gasteiger partial charge in [-0.1, -0.05) is 19.1 Å². The first kappa shape index (κ1) is 27.4. The van der Waals surface area contributed by atoms with E-state index in [0.717, 1.165) is 89.7 Å². The first-order chi connectivity index (χ1) is 20.3. The van der Waals surface area contributed by atoms with Crippen molar-refractivity contribution in [3.63, 3.8) is 0 Å². The van der Waals surface area contributed by atoms with Crippen LogP contribution in [-0.4, -0.2) is 118 Å². The van der Waals surface area contributed by atoms with Gasteiger partial charge in [0, 0.05) is 76.9 Å². The number of aromatic hydroxyl groups is 1. The third-order valence-corrected chi connectivity index (χ3v) is 11.0. The van der Waals surface area contributed by atoms with Crippen LogP contribution in [0.1, 0.15) is 32.6 Å². The van der Waals surface area contributed by atoms with Crippen LogP contribution < -0.4 is 10.2 Å². The lowest BCUT2D eigenvalue weighted by Crippen LogP contribution is -2.64. The summed E-state index contributed by atoms with van der Waals surface area (Å²) in [7, 11) is 0. The van der Waals surface area contributed by atoms with E-state index < -0.39 is 5.97 Å². The number of nitrogens with one attached hydrogen (secondary N) is 1. The fourth-order valence-electron chi connectivity index (χ4n) is 8.17. The Morgan fingerprint density at radius 2 is 1.81 bits per heavy atom. The molecule has 2 saturated carbocycles. The number of carbonyl (C=O) groups excluding carboxylic acids is 1. The number of piperazine rings is 2. The number of carboxylic acids is 1. The molecule has 11 nitrogen and oxygen atoms in total. The number of carboxylic acid groups (broad SMARTS) is 1. The van der Waals surface area contributed by atoms with E-state index in [9.17, 15) is 19.8 Å². The molecule has 7 rings (SSSR count). The molecule has 0 bridgehead atoms. The molecule has 3 aliphatic heterocycles. The lowest BCUT2D eigenvalue weighted by atomic mass is 9.44. The van der Waals surface area contributed by atoms with Gasteiger partial charge in [-0.3, -0.25) is 19.4 Å². The molecule has 0 radical (unpaired) electrons. The molecule has 4 heterocycles.